The highest BCUT2D eigenvalue weighted by atomic mass is 16.5. The summed E-state index contributed by atoms with van der Waals surface area (Å²) < 4.78 is 11.8. The first-order valence-electron chi connectivity index (χ1n) is 12.4. The highest BCUT2D eigenvalue weighted by molar-refractivity contribution is 5.56. The molecule has 1 unspecified atom stereocenters. The molecule has 31 heavy (non-hydrogen) atoms. The molecule has 4 nitrogen and oxygen atoms in total. The minimum absolute atomic E-state index is 0.242. The van der Waals surface area contributed by atoms with Crippen LogP contribution < -0.4 is 9.47 Å². The standard InChI is InChI=1S/C27H42N2O2/c1-4-6-8-10-11-12-14-20-30-26-21-28-27(29-22-26)24-16-18-25(19-17-24)31-23(3)15-13-9-7-5-2/h16-19,21-23H,4-15,20H2,1-3H3. The van der Waals surface area contributed by atoms with E-state index in [9.17, 15) is 0 Å². The Kier molecular flexibility index (Phi) is 12.7. The van der Waals surface area contributed by atoms with Crippen LogP contribution in [0.1, 0.15) is 97.8 Å². The third-order valence-electron chi connectivity index (χ3n) is 5.56. The van der Waals surface area contributed by atoms with Gasteiger partial charge in [-0.25, -0.2) is 9.97 Å². The van der Waals surface area contributed by atoms with Gasteiger partial charge < -0.3 is 9.47 Å². The van der Waals surface area contributed by atoms with Gasteiger partial charge in [-0.1, -0.05) is 71.6 Å². The lowest BCUT2D eigenvalue weighted by Crippen LogP contribution is -2.11. The van der Waals surface area contributed by atoms with E-state index in [2.05, 4.69) is 30.7 Å². The zero-order chi connectivity index (χ0) is 22.2. The summed E-state index contributed by atoms with van der Waals surface area (Å²) in [5, 5.41) is 0. The number of rotatable bonds is 17. The number of unbranched alkanes of at least 4 members (excludes halogenated alkanes) is 9. The predicted octanol–water partition coefficient (Wildman–Crippen LogP) is 8.01. The fourth-order valence-corrected chi connectivity index (χ4v) is 3.62. The zero-order valence-electron chi connectivity index (χ0n) is 19.9. The van der Waals surface area contributed by atoms with Crippen molar-refractivity contribution in [2.24, 2.45) is 0 Å². The van der Waals surface area contributed by atoms with E-state index < -0.39 is 0 Å². The minimum atomic E-state index is 0.242. The van der Waals surface area contributed by atoms with Crippen LogP contribution in [0.5, 0.6) is 11.5 Å². The summed E-state index contributed by atoms with van der Waals surface area (Å²) >= 11 is 0. The molecule has 0 radical (unpaired) electrons. The van der Waals surface area contributed by atoms with E-state index in [-0.39, 0.29) is 6.10 Å². The summed E-state index contributed by atoms with van der Waals surface area (Å²) in [7, 11) is 0. The van der Waals surface area contributed by atoms with E-state index >= 15 is 0 Å². The van der Waals surface area contributed by atoms with E-state index in [0.717, 1.165) is 36.5 Å². The number of hydrogen-bond acceptors (Lipinski definition) is 4. The molecule has 0 fully saturated rings. The molecule has 0 aliphatic rings. The van der Waals surface area contributed by atoms with Crippen LogP contribution in [0.4, 0.5) is 0 Å². The van der Waals surface area contributed by atoms with Gasteiger partial charge in [0.1, 0.15) is 5.75 Å². The van der Waals surface area contributed by atoms with Crippen molar-refractivity contribution < 1.29 is 9.47 Å². The van der Waals surface area contributed by atoms with Crippen molar-refractivity contribution in [3.8, 4) is 22.9 Å². The first kappa shape index (κ1) is 25.2. The maximum Gasteiger partial charge on any atom is 0.159 e. The Labute approximate surface area is 189 Å². The van der Waals surface area contributed by atoms with E-state index in [4.69, 9.17) is 9.47 Å². The summed E-state index contributed by atoms with van der Waals surface area (Å²) in [6.45, 7) is 7.37. The molecule has 2 aromatic rings. The lowest BCUT2D eigenvalue weighted by atomic mass is 10.1. The molecule has 4 heteroatoms. The fraction of sp³-hybridized carbons (Fsp3) is 0.630. The third-order valence-corrected chi connectivity index (χ3v) is 5.56. The van der Waals surface area contributed by atoms with Crippen LogP contribution in [0.15, 0.2) is 36.7 Å². The largest absolute Gasteiger partial charge is 0.491 e. The normalized spacial score (nSPS) is 12.0. The van der Waals surface area contributed by atoms with Gasteiger partial charge in [-0.05, 0) is 50.5 Å². The van der Waals surface area contributed by atoms with E-state index in [1.807, 2.05) is 24.3 Å². The highest BCUT2D eigenvalue weighted by Crippen LogP contribution is 2.22. The molecule has 0 amide bonds. The van der Waals surface area contributed by atoms with Crippen LogP contribution in [0.2, 0.25) is 0 Å². The molecule has 1 heterocycles. The average molecular weight is 427 g/mol. The zero-order valence-corrected chi connectivity index (χ0v) is 19.9. The molecule has 1 atom stereocenters. The molecule has 0 aliphatic carbocycles. The van der Waals surface area contributed by atoms with Crippen LogP contribution in [0.3, 0.4) is 0 Å². The second kappa shape index (κ2) is 15.7. The van der Waals surface area contributed by atoms with E-state index in [1.54, 1.807) is 12.4 Å². The second-order valence-corrected chi connectivity index (χ2v) is 8.51. The molecule has 0 saturated heterocycles. The molecule has 0 saturated carbocycles. The Morgan fingerprint density at radius 2 is 1.29 bits per heavy atom. The summed E-state index contributed by atoms with van der Waals surface area (Å²) in [4.78, 5) is 8.94. The number of nitrogens with zero attached hydrogens (tertiary/aromatic N) is 2. The van der Waals surface area contributed by atoms with Gasteiger partial charge in [0.2, 0.25) is 0 Å². The van der Waals surface area contributed by atoms with Crippen molar-refractivity contribution in [2.75, 3.05) is 6.61 Å². The predicted molar refractivity (Wildman–Crippen MR) is 130 cm³/mol. The minimum Gasteiger partial charge on any atom is -0.491 e. The summed E-state index contributed by atoms with van der Waals surface area (Å²) in [6, 6.07) is 8.05. The lowest BCUT2D eigenvalue weighted by molar-refractivity contribution is 0.206. The number of hydrogen-bond donors (Lipinski definition) is 0. The Bertz CT molecular complexity index is 685. The van der Waals surface area contributed by atoms with Crippen LogP contribution in [-0.2, 0) is 0 Å². The molecular formula is C27H42N2O2. The molecule has 172 valence electrons. The SMILES string of the molecule is CCCCCCCCCOc1cnc(-c2ccc(OC(C)CCCCCC)cc2)nc1. The molecule has 1 aromatic carbocycles. The van der Waals surface area contributed by atoms with Crippen LogP contribution in [0.25, 0.3) is 11.4 Å². The van der Waals surface area contributed by atoms with Gasteiger partial charge >= 0.3 is 0 Å². The van der Waals surface area contributed by atoms with Gasteiger partial charge in [-0.2, -0.15) is 0 Å². The molecule has 0 bridgehead atoms. The quantitative estimate of drug-likeness (QED) is 0.240. The van der Waals surface area contributed by atoms with Crippen LogP contribution in [-0.4, -0.2) is 22.7 Å². The molecule has 0 aliphatic heterocycles. The van der Waals surface area contributed by atoms with Crippen molar-refractivity contribution in [2.45, 2.75) is 104 Å². The van der Waals surface area contributed by atoms with Gasteiger partial charge in [-0.3, -0.25) is 0 Å². The molecule has 0 spiro atoms. The maximum absolute atomic E-state index is 6.04. The van der Waals surface area contributed by atoms with Gasteiger partial charge in [0, 0.05) is 5.56 Å². The molecular weight excluding hydrogens is 384 g/mol. The number of ether oxygens (including phenoxy) is 2. The lowest BCUT2D eigenvalue weighted by Gasteiger charge is -2.14. The Hall–Kier alpha value is -2.10. The van der Waals surface area contributed by atoms with Crippen molar-refractivity contribution in [3.63, 3.8) is 0 Å². The first-order chi connectivity index (χ1) is 15.2. The Balaban J connectivity index is 1.69. The third kappa shape index (κ3) is 10.7. The fourth-order valence-electron chi connectivity index (χ4n) is 3.62. The Morgan fingerprint density at radius 3 is 1.94 bits per heavy atom. The molecule has 1 aromatic heterocycles. The van der Waals surface area contributed by atoms with Crippen molar-refractivity contribution in [3.05, 3.63) is 36.7 Å². The highest BCUT2D eigenvalue weighted by Gasteiger charge is 2.06. The topological polar surface area (TPSA) is 44.2 Å². The summed E-state index contributed by atoms with van der Waals surface area (Å²) in [6.07, 6.45) is 19.0. The van der Waals surface area contributed by atoms with Gasteiger partial charge in [0.05, 0.1) is 25.1 Å². The van der Waals surface area contributed by atoms with E-state index in [1.165, 1.54) is 64.2 Å². The summed E-state index contributed by atoms with van der Waals surface area (Å²) in [5.74, 6) is 2.36. The second-order valence-electron chi connectivity index (χ2n) is 8.51. The van der Waals surface area contributed by atoms with Gasteiger partial charge in [0.25, 0.3) is 0 Å². The Morgan fingerprint density at radius 1 is 0.710 bits per heavy atom. The molecule has 0 N–H and O–H groups in total. The number of benzene rings is 1. The van der Waals surface area contributed by atoms with Crippen LogP contribution in [0, 0.1) is 0 Å². The van der Waals surface area contributed by atoms with Crippen molar-refractivity contribution >= 4 is 0 Å². The van der Waals surface area contributed by atoms with Crippen molar-refractivity contribution in [1.82, 2.24) is 9.97 Å². The van der Waals surface area contributed by atoms with Gasteiger partial charge in [0.15, 0.2) is 11.6 Å². The van der Waals surface area contributed by atoms with Crippen LogP contribution >= 0.6 is 0 Å². The van der Waals surface area contributed by atoms with Gasteiger partial charge in [-0.15, -0.1) is 0 Å². The molecule has 2 rings (SSSR count). The smallest absolute Gasteiger partial charge is 0.159 e. The monoisotopic (exact) mass is 426 g/mol. The van der Waals surface area contributed by atoms with Crippen molar-refractivity contribution in [1.29, 1.82) is 0 Å². The van der Waals surface area contributed by atoms with E-state index in [0.29, 0.717) is 5.82 Å². The maximum atomic E-state index is 6.04. The summed E-state index contributed by atoms with van der Waals surface area (Å²) in [5.41, 5.74) is 0.988. The average Bonchev–Trinajstić information content (AvgIpc) is 2.79. The number of aromatic nitrogens is 2. The first-order valence-corrected chi connectivity index (χ1v) is 12.4.